The van der Waals surface area contributed by atoms with Crippen LogP contribution in [0.2, 0.25) is 0 Å². The average Bonchev–Trinajstić information content (AvgIpc) is 2.15. The van der Waals surface area contributed by atoms with Crippen molar-refractivity contribution in [3.8, 4) is 0 Å². The maximum Gasteiger partial charge on any atom is 0.293 e. The molecule has 0 saturated heterocycles. The van der Waals surface area contributed by atoms with E-state index in [4.69, 9.17) is 11.6 Å². The van der Waals surface area contributed by atoms with Crippen LogP contribution in [-0.2, 0) is 0 Å². The minimum Gasteiger partial charge on any atom is -0.375 e. The zero-order valence-corrected chi connectivity index (χ0v) is 10.0. The fourth-order valence-electron chi connectivity index (χ4n) is 0.996. The van der Waals surface area contributed by atoms with Crippen molar-refractivity contribution in [3.63, 3.8) is 0 Å². The van der Waals surface area contributed by atoms with E-state index in [2.05, 4.69) is 27.8 Å². The van der Waals surface area contributed by atoms with Crippen LogP contribution < -0.4 is 5.32 Å². The second-order valence-corrected chi connectivity index (χ2v) is 4.24. The van der Waals surface area contributed by atoms with Crippen molar-refractivity contribution in [1.29, 1.82) is 0 Å². The first-order chi connectivity index (χ1) is 7.00. The summed E-state index contributed by atoms with van der Waals surface area (Å²) in [6, 6.07) is 4.76. The number of rotatable bonds is 4. The highest BCUT2D eigenvalue weighted by molar-refractivity contribution is 9.10. The van der Waals surface area contributed by atoms with Crippen LogP contribution >= 0.6 is 27.5 Å². The molecule has 6 heteroatoms. The third-order valence-corrected chi connectivity index (χ3v) is 2.25. The normalized spacial score (nSPS) is 9.73. The smallest absolute Gasteiger partial charge is 0.293 e. The summed E-state index contributed by atoms with van der Waals surface area (Å²) < 4.78 is 0.657. The number of benzene rings is 1. The highest BCUT2D eigenvalue weighted by atomic mass is 79.9. The molecule has 0 fully saturated rings. The summed E-state index contributed by atoms with van der Waals surface area (Å²) in [7, 11) is 0. The molecule has 0 aromatic heterocycles. The Bertz CT molecular complexity index is 409. The van der Waals surface area contributed by atoms with E-state index in [0.29, 0.717) is 21.7 Å². The van der Waals surface area contributed by atoms with Crippen LogP contribution in [0.1, 0.15) is 0 Å². The molecule has 1 N–H and O–H groups in total. The molecular formula is C9H8BrClN2O2. The third kappa shape index (κ3) is 3.53. The standard InChI is InChI=1S/C9H8BrClN2O2/c1-6(11)5-12-8-3-2-7(10)4-9(8)13(14)15/h2-4,12H,1,5H2. The zero-order valence-electron chi connectivity index (χ0n) is 7.67. The van der Waals surface area contributed by atoms with Crippen molar-refractivity contribution >= 4 is 38.9 Å². The molecule has 1 rings (SSSR count). The molecule has 0 unspecified atom stereocenters. The lowest BCUT2D eigenvalue weighted by Gasteiger charge is -2.05. The van der Waals surface area contributed by atoms with E-state index < -0.39 is 4.92 Å². The Labute approximate surface area is 100 Å². The monoisotopic (exact) mass is 290 g/mol. The molecule has 0 amide bonds. The van der Waals surface area contributed by atoms with Crippen LogP contribution in [0, 0.1) is 10.1 Å². The molecule has 0 radical (unpaired) electrons. The van der Waals surface area contributed by atoms with Crippen molar-refractivity contribution in [2.45, 2.75) is 0 Å². The summed E-state index contributed by atoms with van der Waals surface area (Å²) in [4.78, 5) is 10.3. The molecular weight excluding hydrogens is 283 g/mol. The van der Waals surface area contributed by atoms with Gasteiger partial charge in [0.05, 0.1) is 11.5 Å². The quantitative estimate of drug-likeness (QED) is 0.682. The summed E-state index contributed by atoms with van der Waals surface area (Å²) in [5.41, 5.74) is 0.423. The molecule has 0 aliphatic rings. The zero-order chi connectivity index (χ0) is 11.4. The van der Waals surface area contributed by atoms with Crippen LogP contribution in [0.4, 0.5) is 11.4 Å². The van der Waals surface area contributed by atoms with Gasteiger partial charge in [-0.05, 0) is 12.1 Å². The van der Waals surface area contributed by atoms with Gasteiger partial charge in [0.2, 0.25) is 0 Å². The number of halogens is 2. The van der Waals surface area contributed by atoms with Gasteiger partial charge in [0.15, 0.2) is 0 Å². The fourth-order valence-corrected chi connectivity index (χ4v) is 1.41. The predicted molar refractivity (Wildman–Crippen MR) is 64.3 cm³/mol. The van der Waals surface area contributed by atoms with Gasteiger partial charge < -0.3 is 5.32 Å². The van der Waals surface area contributed by atoms with Crippen molar-refractivity contribution in [3.05, 3.63) is 44.4 Å². The Morgan fingerprint density at radius 2 is 2.33 bits per heavy atom. The molecule has 0 aliphatic heterocycles. The van der Waals surface area contributed by atoms with Gasteiger partial charge in [-0.3, -0.25) is 10.1 Å². The van der Waals surface area contributed by atoms with E-state index >= 15 is 0 Å². The van der Waals surface area contributed by atoms with Crippen LogP contribution in [0.5, 0.6) is 0 Å². The Morgan fingerprint density at radius 3 is 2.87 bits per heavy atom. The molecule has 0 bridgehead atoms. The van der Waals surface area contributed by atoms with E-state index in [1.54, 1.807) is 12.1 Å². The van der Waals surface area contributed by atoms with E-state index in [1.807, 2.05) is 0 Å². The van der Waals surface area contributed by atoms with Crippen LogP contribution in [-0.4, -0.2) is 11.5 Å². The molecule has 0 aliphatic carbocycles. The molecule has 0 atom stereocenters. The third-order valence-electron chi connectivity index (χ3n) is 1.63. The molecule has 1 aromatic carbocycles. The summed E-state index contributed by atoms with van der Waals surface area (Å²) in [6.07, 6.45) is 0. The van der Waals surface area contributed by atoms with E-state index in [-0.39, 0.29) is 5.69 Å². The Morgan fingerprint density at radius 1 is 1.67 bits per heavy atom. The van der Waals surface area contributed by atoms with Crippen LogP contribution in [0.25, 0.3) is 0 Å². The van der Waals surface area contributed by atoms with Gasteiger partial charge >= 0.3 is 0 Å². The maximum atomic E-state index is 10.7. The van der Waals surface area contributed by atoms with Crippen LogP contribution in [0.15, 0.2) is 34.3 Å². The van der Waals surface area contributed by atoms with E-state index in [9.17, 15) is 10.1 Å². The number of anilines is 1. The summed E-state index contributed by atoms with van der Waals surface area (Å²) in [6.45, 7) is 3.78. The van der Waals surface area contributed by atoms with Gasteiger partial charge in [0.1, 0.15) is 5.69 Å². The highest BCUT2D eigenvalue weighted by Gasteiger charge is 2.13. The van der Waals surface area contributed by atoms with Crippen LogP contribution in [0.3, 0.4) is 0 Å². The molecule has 80 valence electrons. The molecule has 15 heavy (non-hydrogen) atoms. The molecule has 0 spiro atoms. The van der Waals surface area contributed by atoms with Gasteiger partial charge in [-0.1, -0.05) is 34.1 Å². The number of nitrogens with zero attached hydrogens (tertiary/aromatic N) is 1. The fraction of sp³-hybridized carbons (Fsp3) is 0.111. The van der Waals surface area contributed by atoms with Gasteiger partial charge in [-0.15, -0.1) is 0 Å². The van der Waals surface area contributed by atoms with E-state index in [0.717, 1.165) is 0 Å². The second kappa shape index (κ2) is 5.14. The van der Waals surface area contributed by atoms with Crippen molar-refractivity contribution < 1.29 is 4.92 Å². The van der Waals surface area contributed by atoms with Crippen molar-refractivity contribution in [2.75, 3.05) is 11.9 Å². The Balaban J connectivity index is 2.95. The number of nitro groups is 1. The van der Waals surface area contributed by atoms with Gasteiger partial charge in [0.25, 0.3) is 5.69 Å². The minimum atomic E-state index is -0.454. The Hall–Kier alpha value is -1.07. The first-order valence-corrected chi connectivity index (χ1v) is 5.19. The molecule has 4 nitrogen and oxygen atoms in total. The number of hydrogen-bond acceptors (Lipinski definition) is 3. The summed E-state index contributed by atoms with van der Waals surface area (Å²) in [5.74, 6) is 0. The first-order valence-electron chi connectivity index (χ1n) is 4.02. The molecule has 0 heterocycles. The second-order valence-electron chi connectivity index (χ2n) is 2.79. The van der Waals surface area contributed by atoms with Crippen molar-refractivity contribution in [1.82, 2.24) is 0 Å². The SMILES string of the molecule is C=C(Cl)CNc1ccc(Br)cc1[N+](=O)[O-]. The minimum absolute atomic E-state index is 0.00212. The lowest BCUT2D eigenvalue weighted by Crippen LogP contribution is -2.03. The maximum absolute atomic E-state index is 10.7. The Kier molecular flexibility index (Phi) is 4.11. The summed E-state index contributed by atoms with van der Waals surface area (Å²) in [5, 5.41) is 13.9. The lowest BCUT2D eigenvalue weighted by atomic mass is 10.2. The summed E-state index contributed by atoms with van der Waals surface area (Å²) >= 11 is 8.72. The van der Waals surface area contributed by atoms with Gasteiger partial charge in [0, 0.05) is 15.6 Å². The lowest BCUT2D eigenvalue weighted by molar-refractivity contribution is -0.384. The molecule has 1 aromatic rings. The average molecular weight is 292 g/mol. The predicted octanol–water partition coefficient (Wildman–Crippen LogP) is 3.52. The number of hydrogen-bond donors (Lipinski definition) is 1. The highest BCUT2D eigenvalue weighted by Crippen LogP contribution is 2.28. The van der Waals surface area contributed by atoms with E-state index in [1.165, 1.54) is 6.07 Å². The largest absolute Gasteiger partial charge is 0.375 e. The molecule has 0 saturated carbocycles. The van der Waals surface area contributed by atoms with Gasteiger partial charge in [-0.25, -0.2) is 0 Å². The number of nitrogens with one attached hydrogen (secondary N) is 1. The number of nitro benzene ring substituents is 1. The topological polar surface area (TPSA) is 55.2 Å². The van der Waals surface area contributed by atoms with Crippen molar-refractivity contribution in [2.24, 2.45) is 0 Å². The van der Waals surface area contributed by atoms with Gasteiger partial charge in [-0.2, -0.15) is 0 Å². The first kappa shape index (κ1) is 12.0.